The zero-order valence-corrected chi connectivity index (χ0v) is 16.7. The number of benzene rings is 2. The number of halogens is 3. The van der Waals surface area contributed by atoms with Crippen LogP contribution < -0.4 is 9.64 Å². The minimum atomic E-state index is -4.56. The molecule has 0 saturated carbocycles. The van der Waals surface area contributed by atoms with E-state index in [1.54, 1.807) is 19.2 Å². The number of rotatable bonds is 3. The molecule has 0 N–H and O–H groups in total. The Hall–Kier alpha value is -2.91. The molecule has 0 radical (unpaired) electrons. The molecule has 5 rings (SSSR count). The molecule has 31 heavy (non-hydrogen) atoms. The molecule has 0 aromatic heterocycles. The molecule has 0 bridgehead atoms. The summed E-state index contributed by atoms with van der Waals surface area (Å²) in [5, 5.41) is 3.96. The van der Waals surface area contributed by atoms with E-state index in [9.17, 15) is 22.8 Å². The lowest BCUT2D eigenvalue weighted by molar-refractivity contribution is -0.137. The summed E-state index contributed by atoms with van der Waals surface area (Å²) in [5.74, 6) is -0.950. The van der Waals surface area contributed by atoms with Gasteiger partial charge in [-0.1, -0.05) is 18.2 Å². The first kappa shape index (κ1) is 20.0. The van der Waals surface area contributed by atoms with Gasteiger partial charge in [-0.2, -0.15) is 13.2 Å². The number of ether oxygens (including phenoxy) is 1. The molecular formula is C22H20F3N3O3. The van der Waals surface area contributed by atoms with Crippen LogP contribution in [0.15, 0.2) is 48.5 Å². The molecule has 3 atom stereocenters. The van der Waals surface area contributed by atoms with Crippen LogP contribution in [0.2, 0.25) is 0 Å². The maximum absolute atomic E-state index is 13.4. The summed E-state index contributed by atoms with van der Waals surface area (Å²) in [6.45, 7) is 1.34. The number of methoxy groups -OCH3 is 1. The van der Waals surface area contributed by atoms with Gasteiger partial charge in [0.25, 0.3) is 5.91 Å². The summed E-state index contributed by atoms with van der Waals surface area (Å²) in [6.07, 6.45) is -3.71. The Morgan fingerprint density at radius 1 is 0.935 bits per heavy atom. The van der Waals surface area contributed by atoms with Crippen molar-refractivity contribution in [3.05, 3.63) is 59.7 Å². The quantitative estimate of drug-likeness (QED) is 0.699. The maximum Gasteiger partial charge on any atom is 0.416 e. The summed E-state index contributed by atoms with van der Waals surface area (Å²) in [4.78, 5) is 27.7. The lowest BCUT2D eigenvalue weighted by Crippen LogP contribution is -2.44. The zero-order chi connectivity index (χ0) is 21.9. The molecule has 6 nitrogen and oxygen atoms in total. The van der Waals surface area contributed by atoms with Crippen LogP contribution in [0.5, 0.6) is 5.75 Å². The van der Waals surface area contributed by atoms with Crippen LogP contribution in [-0.4, -0.2) is 48.1 Å². The Morgan fingerprint density at radius 2 is 1.61 bits per heavy atom. The number of anilines is 1. The van der Waals surface area contributed by atoms with E-state index in [-0.39, 0.29) is 11.7 Å². The first-order chi connectivity index (χ1) is 14.8. The maximum atomic E-state index is 13.4. The molecule has 3 saturated heterocycles. The number of imide groups is 1. The first-order valence-corrected chi connectivity index (χ1v) is 10.0. The van der Waals surface area contributed by atoms with E-state index in [1.165, 1.54) is 12.1 Å². The fourth-order valence-corrected chi connectivity index (χ4v) is 4.99. The largest absolute Gasteiger partial charge is 0.497 e. The summed E-state index contributed by atoms with van der Waals surface area (Å²) in [5.41, 5.74) is -0.0668. The van der Waals surface area contributed by atoms with Crippen molar-refractivity contribution in [2.24, 2.45) is 5.92 Å². The van der Waals surface area contributed by atoms with Gasteiger partial charge >= 0.3 is 6.18 Å². The highest BCUT2D eigenvalue weighted by Crippen LogP contribution is 2.49. The van der Waals surface area contributed by atoms with Gasteiger partial charge in [-0.15, -0.1) is 0 Å². The van der Waals surface area contributed by atoms with E-state index in [2.05, 4.69) is 5.01 Å². The molecule has 2 amide bonds. The van der Waals surface area contributed by atoms with Crippen LogP contribution >= 0.6 is 0 Å². The Bertz CT molecular complexity index is 1040. The second-order valence-electron chi connectivity index (χ2n) is 7.93. The number of alkyl halides is 3. The van der Waals surface area contributed by atoms with Crippen LogP contribution in [0.4, 0.5) is 18.9 Å². The van der Waals surface area contributed by atoms with Gasteiger partial charge in [0.05, 0.1) is 30.3 Å². The molecule has 2 aromatic rings. The average molecular weight is 431 g/mol. The van der Waals surface area contributed by atoms with Crippen LogP contribution in [0.1, 0.15) is 23.6 Å². The van der Waals surface area contributed by atoms with Crippen molar-refractivity contribution >= 4 is 17.5 Å². The third kappa shape index (κ3) is 3.02. The van der Waals surface area contributed by atoms with Crippen molar-refractivity contribution in [2.75, 3.05) is 25.1 Å². The Balaban J connectivity index is 1.55. The zero-order valence-electron chi connectivity index (χ0n) is 16.7. The summed E-state index contributed by atoms with van der Waals surface area (Å²) >= 11 is 0. The van der Waals surface area contributed by atoms with Crippen LogP contribution in [0.25, 0.3) is 0 Å². The fourth-order valence-electron chi connectivity index (χ4n) is 4.99. The van der Waals surface area contributed by atoms with Crippen molar-refractivity contribution in [1.82, 2.24) is 10.0 Å². The second kappa shape index (κ2) is 7.06. The predicted octanol–water partition coefficient (Wildman–Crippen LogP) is 3.25. The monoisotopic (exact) mass is 431 g/mol. The number of amides is 2. The lowest BCUT2D eigenvalue weighted by Gasteiger charge is -2.30. The van der Waals surface area contributed by atoms with Gasteiger partial charge in [0.2, 0.25) is 5.91 Å². The van der Waals surface area contributed by atoms with Crippen molar-refractivity contribution in [1.29, 1.82) is 0 Å². The SMILES string of the molecule is COc1ccc([C@@H]2[C@H]3C(=O)N(c4cccc(C(F)(F)F)c4)C(=O)[C@@H]3N3CCCN23)cc1. The molecule has 3 heterocycles. The summed E-state index contributed by atoms with van der Waals surface area (Å²) in [6, 6.07) is 10.6. The second-order valence-corrected chi connectivity index (χ2v) is 7.93. The van der Waals surface area contributed by atoms with Gasteiger partial charge in [0.15, 0.2) is 0 Å². The molecule has 0 unspecified atom stereocenters. The van der Waals surface area contributed by atoms with Gasteiger partial charge in [0, 0.05) is 13.1 Å². The Morgan fingerprint density at radius 3 is 2.26 bits per heavy atom. The number of nitrogens with zero attached hydrogens (tertiary/aromatic N) is 3. The topological polar surface area (TPSA) is 53.1 Å². The first-order valence-electron chi connectivity index (χ1n) is 10.0. The molecular weight excluding hydrogens is 411 g/mol. The molecule has 3 aliphatic rings. The Kier molecular flexibility index (Phi) is 4.56. The molecule has 9 heteroatoms. The molecule has 3 fully saturated rings. The minimum absolute atomic E-state index is 0.0431. The predicted molar refractivity (Wildman–Crippen MR) is 105 cm³/mol. The van der Waals surface area contributed by atoms with Gasteiger partial charge in [-0.05, 0) is 42.3 Å². The van der Waals surface area contributed by atoms with Crippen LogP contribution in [0, 0.1) is 5.92 Å². The van der Waals surface area contributed by atoms with Crippen LogP contribution in [-0.2, 0) is 15.8 Å². The summed E-state index contributed by atoms with van der Waals surface area (Å²) in [7, 11) is 1.56. The lowest BCUT2D eigenvalue weighted by atomic mass is 9.90. The van der Waals surface area contributed by atoms with Crippen molar-refractivity contribution in [3.63, 3.8) is 0 Å². The van der Waals surface area contributed by atoms with Gasteiger partial charge in [0.1, 0.15) is 11.8 Å². The summed E-state index contributed by atoms with van der Waals surface area (Å²) < 4.78 is 44.8. The average Bonchev–Trinajstić information content (AvgIpc) is 3.40. The number of carbonyl (C=O) groups is 2. The van der Waals surface area contributed by atoms with Crippen LogP contribution in [0.3, 0.4) is 0 Å². The van der Waals surface area contributed by atoms with Gasteiger partial charge in [-0.25, -0.2) is 14.9 Å². The third-order valence-electron chi connectivity index (χ3n) is 6.29. The highest BCUT2D eigenvalue weighted by Gasteiger charge is 2.62. The van der Waals surface area contributed by atoms with E-state index in [1.807, 2.05) is 17.1 Å². The van der Waals surface area contributed by atoms with E-state index >= 15 is 0 Å². The van der Waals surface area contributed by atoms with Crippen molar-refractivity contribution < 1.29 is 27.5 Å². The van der Waals surface area contributed by atoms with E-state index < -0.39 is 35.5 Å². The highest BCUT2D eigenvalue weighted by atomic mass is 19.4. The number of carbonyl (C=O) groups excluding carboxylic acids is 2. The Labute approximate surface area is 176 Å². The van der Waals surface area contributed by atoms with Gasteiger partial charge in [-0.3, -0.25) is 9.59 Å². The molecule has 0 spiro atoms. The van der Waals surface area contributed by atoms with E-state index in [0.29, 0.717) is 18.8 Å². The molecule has 2 aromatic carbocycles. The fraction of sp³-hybridized carbons (Fsp3) is 0.364. The molecule has 162 valence electrons. The smallest absolute Gasteiger partial charge is 0.416 e. The third-order valence-corrected chi connectivity index (χ3v) is 6.29. The number of hydrogen-bond donors (Lipinski definition) is 0. The molecule has 3 aliphatic heterocycles. The number of hydrazine groups is 1. The standard InChI is InChI=1S/C22H20F3N3O3/c1-31-16-8-6-13(7-9-16)18-17-19(27-11-3-10-26(18)27)21(30)28(20(17)29)15-5-2-4-14(12-15)22(23,24)25/h2,4-9,12,17-19H,3,10-11H2,1H3/t17-,18-,19-/m1/s1. The van der Waals surface area contributed by atoms with E-state index in [0.717, 1.165) is 29.0 Å². The van der Waals surface area contributed by atoms with Crippen molar-refractivity contribution in [3.8, 4) is 5.75 Å². The normalized spacial score (nSPS) is 26.5. The molecule has 0 aliphatic carbocycles. The number of fused-ring (bicyclic) bond motifs is 3. The van der Waals surface area contributed by atoms with E-state index in [4.69, 9.17) is 4.74 Å². The number of hydrogen-bond acceptors (Lipinski definition) is 5. The minimum Gasteiger partial charge on any atom is -0.497 e. The van der Waals surface area contributed by atoms with Gasteiger partial charge < -0.3 is 4.74 Å². The highest BCUT2D eigenvalue weighted by molar-refractivity contribution is 6.24. The van der Waals surface area contributed by atoms with Crippen molar-refractivity contribution in [2.45, 2.75) is 24.7 Å².